The zero-order valence-electron chi connectivity index (χ0n) is 17.1. The third kappa shape index (κ3) is 4.71. The summed E-state index contributed by atoms with van der Waals surface area (Å²) < 4.78 is 15.5. The molecule has 1 atom stereocenters. The first-order valence-electron chi connectivity index (χ1n) is 9.47. The van der Waals surface area contributed by atoms with Crippen molar-refractivity contribution >= 4 is 29.2 Å². The van der Waals surface area contributed by atoms with Crippen LogP contribution in [0.4, 0.5) is 11.4 Å². The van der Waals surface area contributed by atoms with Crippen LogP contribution in [0.15, 0.2) is 42.5 Å². The van der Waals surface area contributed by atoms with Gasteiger partial charge in [-0.05, 0) is 30.7 Å². The Morgan fingerprint density at radius 2 is 1.90 bits per heavy atom. The summed E-state index contributed by atoms with van der Waals surface area (Å²) in [5, 5.41) is 2.64. The number of nitrogens with one attached hydrogen (secondary N) is 1. The van der Waals surface area contributed by atoms with Crippen molar-refractivity contribution in [2.75, 3.05) is 37.6 Å². The second-order valence-corrected chi connectivity index (χ2v) is 6.91. The van der Waals surface area contributed by atoms with Crippen molar-refractivity contribution in [3.05, 3.63) is 48.0 Å². The van der Waals surface area contributed by atoms with Gasteiger partial charge in [-0.1, -0.05) is 18.2 Å². The van der Waals surface area contributed by atoms with E-state index in [2.05, 4.69) is 5.32 Å². The van der Waals surface area contributed by atoms with Crippen molar-refractivity contribution in [2.24, 2.45) is 5.92 Å². The molecule has 1 fully saturated rings. The number of rotatable bonds is 7. The van der Waals surface area contributed by atoms with Crippen LogP contribution in [0.25, 0.3) is 0 Å². The number of aryl methyl sites for hydroxylation is 1. The van der Waals surface area contributed by atoms with E-state index in [0.717, 1.165) is 11.3 Å². The molecule has 2 amide bonds. The lowest BCUT2D eigenvalue weighted by Gasteiger charge is -2.18. The van der Waals surface area contributed by atoms with Gasteiger partial charge in [0.2, 0.25) is 5.91 Å². The van der Waals surface area contributed by atoms with Crippen molar-refractivity contribution in [3.63, 3.8) is 0 Å². The molecule has 158 valence electrons. The van der Waals surface area contributed by atoms with Crippen LogP contribution in [-0.4, -0.2) is 45.2 Å². The third-order valence-corrected chi connectivity index (χ3v) is 4.89. The molecule has 0 unspecified atom stereocenters. The summed E-state index contributed by atoms with van der Waals surface area (Å²) in [4.78, 5) is 38.5. The number of methoxy groups -OCH3 is 2. The van der Waals surface area contributed by atoms with Gasteiger partial charge in [-0.3, -0.25) is 14.4 Å². The lowest BCUT2D eigenvalue weighted by Crippen LogP contribution is -2.28. The van der Waals surface area contributed by atoms with E-state index < -0.39 is 24.4 Å². The molecular weight excluding hydrogens is 388 g/mol. The van der Waals surface area contributed by atoms with E-state index in [4.69, 9.17) is 14.2 Å². The molecule has 2 aromatic rings. The Hall–Kier alpha value is -3.55. The van der Waals surface area contributed by atoms with Gasteiger partial charge in [0.05, 0.1) is 25.8 Å². The first kappa shape index (κ1) is 21.2. The molecule has 3 rings (SSSR count). The average molecular weight is 412 g/mol. The number of amides is 2. The van der Waals surface area contributed by atoms with Gasteiger partial charge in [0.1, 0.15) is 11.5 Å². The molecule has 0 bridgehead atoms. The van der Waals surface area contributed by atoms with Crippen LogP contribution in [-0.2, 0) is 19.1 Å². The van der Waals surface area contributed by atoms with Crippen LogP contribution in [0.5, 0.6) is 11.5 Å². The van der Waals surface area contributed by atoms with Crippen molar-refractivity contribution in [1.82, 2.24) is 0 Å². The molecule has 1 heterocycles. The molecule has 1 aliphatic heterocycles. The fraction of sp³-hybridized carbons (Fsp3) is 0.318. The monoisotopic (exact) mass is 412 g/mol. The van der Waals surface area contributed by atoms with Crippen molar-refractivity contribution < 1.29 is 28.6 Å². The lowest BCUT2D eigenvalue weighted by molar-refractivity contribution is -0.151. The minimum absolute atomic E-state index is 0.0566. The maximum atomic E-state index is 12.4. The van der Waals surface area contributed by atoms with Crippen molar-refractivity contribution in [2.45, 2.75) is 13.3 Å². The Morgan fingerprint density at radius 3 is 2.60 bits per heavy atom. The van der Waals surface area contributed by atoms with E-state index in [9.17, 15) is 14.4 Å². The molecule has 30 heavy (non-hydrogen) atoms. The smallest absolute Gasteiger partial charge is 0.311 e. The van der Waals surface area contributed by atoms with Gasteiger partial charge in [0, 0.05) is 24.7 Å². The minimum Gasteiger partial charge on any atom is -0.497 e. The largest absolute Gasteiger partial charge is 0.497 e. The summed E-state index contributed by atoms with van der Waals surface area (Å²) in [5.41, 5.74) is 2.16. The van der Waals surface area contributed by atoms with Crippen molar-refractivity contribution in [1.29, 1.82) is 0 Å². The van der Waals surface area contributed by atoms with E-state index in [1.54, 1.807) is 23.1 Å². The van der Waals surface area contributed by atoms with Gasteiger partial charge in [-0.2, -0.15) is 0 Å². The highest BCUT2D eigenvalue weighted by molar-refractivity contribution is 6.00. The van der Waals surface area contributed by atoms with E-state index >= 15 is 0 Å². The Balaban J connectivity index is 1.55. The molecule has 8 nitrogen and oxygen atoms in total. The van der Waals surface area contributed by atoms with Gasteiger partial charge in [0.15, 0.2) is 6.61 Å². The van der Waals surface area contributed by atoms with Crippen LogP contribution < -0.4 is 19.7 Å². The number of carbonyl (C=O) groups is 3. The summed E-state index contributed by atoms with van der Waals surface area (Å²) in [5.74, 6) is -0.827. The predicted molar refractivity (Wildman–Crippen MR) is 111 cm³/mol. The fourth-order valence-electron chi connectivity index (χ4n) is 3.31. The summed E-state index contributed by atoms with van der Waals surface area (Å²) >= 11 is 0. The first-order valence-corrected chi connectivity index (χ1v) is 9.47. The standard InChI is InChI=1S/C22H24N2O6/c1-14-6-4-5-7-18(14)24-12-15(10-21(24)26)22(27)30-13-20(25)23-17-9-8-16(28-2)11-19(17)29-3/h4-9,11,15H,10,12-13H2,1-3H3,(H,23,25)/t15-/m1/s1. The SMILES string of the molecule is COc1ccc(NC(=O)COC(=O)[C@@H]2CC(=O)N(c3ccccc3C)C2)c(OC)c1. The second kappa shape index (κ2) is 9.30. The number of anilines is 2. The van der Waals surface area contributed by atoms with E-state index in [0.29, 0.717) is 17.2 Å². The number of ether oxygens (including phenoxy) is 3. The van der Waals surface area contributed by atoms with Gasteiger partial charge in [-0.25, -0.2) is 0 Å². The normalized spacial score (nSPS) is 15.6. The molecule has 1 N–H and O–H groups in total. The molecule has 8 heteroatoms. The van der Waals surface area contributed by atoms with E-state index in [1.165, 1.54) is 14.2 Å². The number of benzene rings is 2. The number of carbonyl (C=O) groups excluding carboxylic acids is 3. The second-order valence-electron chi connectivity index (χ2n) is 6.91. The topological polar surface area (TPSA) is 94.2 Å². The quantitative estimate of drug-likeness (QED) is 0.703. The Morgan fingerprint density at radius 1 is 1.13 bits per heavy atom. The van der Waals surface area contributed by atoms with Crippen LogP contribution in [0.3, 0.4) is 0 Å². The molecule has 0 spiro atoms. The van der Waals surface area contributed by atoms with Crippen molar-refractivity contribution in [3.8, 4) is 11.5 Å². The van der Waals surface area contributed by atoms with Crippen LogP contribution >= 0.6 is 0 Å². The predicted octanol–water partition coefficient (Wildman–Crippen LogP) is 2.55. The fourth-order valence-corrected chi connectivity index (χ4v) is 3.31. The molecular formula is C22H24N2O6. The molecule has 0 radical (unpaired) electrons. The van der Waals surface area contributed by atoms with Gasteiger partial charge >= 0.3 is 5.97 Å². The highest BCUT2D eigenvalue weighted by Crippen LogP contribution is 2.30. The number of hydrogen-bond acceptors (Lipinski definition) is 6. The maximum Gasteiger partial charge on any atom is 0.311 e. The van der Waals surface area contributed by atoms with Crippen LogP contribution in [0.1, 0.15) is 12.0 Å². The molecule has 1 aliphatic rings. The van der Waals surface area contributed by atoms with E-state index in [-0.39, 0.29) is 18.9 Å². The minimum atomic E-state index is -0.611. The van der Waals surface area contributed by atoms with Gasteiger partial charge in [0.25, 0.3) is 5.91 Å². The summed E-state index contributed by atoms with van der Waals surface area (Å²) in [6.07, 6.45) is 0.0566. The number of esters is 1. The molecule has 0 saturated carbocycles. The number of para-hydroxylation sites is 1. The molecule has 0 aromatic heterocycles. The Bertz CT molecular complexity index is 958. The number of hydrogen-bond donors (Lipinski definition) is 1. The zero-order valence-corrected chi connectivity index (χ0v) is 17.1. The maximum absolute atomic E-state index is 12.4. The van der Waals surface area contributed by atoms with Crippen LogP contribution in [0.2, 0.25) is 0 Å². The first-order chi connectivity index (χ1) is 14.4. The summed E-state index contributed by atoms with van der Waals surface area (Å²) in [7, 11) is 3.00. The molecule has 0 aliphatic carbocycles. The molecule has 1 saturated heterocycles. The lowest BCUT2D eigenvalue weighted by atomic mass is 10.1. The zero-order chi connectivity index (χ0) is 21.7. The highest BCUT2D eigenvalue weighted by Gasteiger charge is 2.36. The Labute approximate surface area is 174 Å². The third-order valence-electron chi connectivity index (χ3n) is 4.89. The average Bonchev–Trinajstić information content (AvgIpc) is 3.14. The summed E-state index contributed by atoms with van der Waals surface area (Å²) in [6, 6.07) is 12.4. The van der Waals surface area contributed by atoms with Gasteiger partial charge < -0.3 is 24.4 Å². The van der Waals surface area contributed by atoms with Crippen LogP contribution in [0, 0.1) is 12.8 Å². The molecule has 2 aromatic carbocycles. The van der Waals surface area contributed by atoms with E-state index in [1.807, 2.05) is 31.2 Å². The van der Waals surface area contributed by atoms with Gasteiger partial charge in [-0.15, -0.1) is 0 Å². The number of nitrogens with zero attached hydrogens (tertiary/aromatic N) is 1. The Kier molecular flexibility index (Phi) is 6.56. The highest BCUT2D eigenvalue weighted by atomic mass is 16.5. The summed E-state index contributed by atoms with van der Waals surface area (Å²) in [6.45, 7) is 1.69.